The van der Waals surface area contributed by atoms with E-state index in [2.05, 4.69) is 0 Å². The summed E-state index contributed by atoms with van der Waals surface area (Å²) in [6, 6.07) is 25.7. The molecule has 0 unspecified atom stereocenters. The summed E-state index contributed by atoms with van der Waals surface area (Å²) in [5.41, 5.74) is 0.753. The second-order valence-electron chi connectivity index (χ2n) is 9.03. The molecule has 0 saturated carbocycles. The van der Waals surface area contributed by atoms with Gasteiger partial charge in [-0.05, 0) is 36.4 Å². The molecule has 0 N–H and O–H groups in total. The minimum absolute atomic E-state index is 0.186. The van der Waals surface area contributed by atoms with Crippen molar-refractivity contribution in [2.45, 2.75) is 49.3 Å². The molecule has 4 atom stereocenters. The molecule has 8 heteroatoms. The lowest BCUT2D eigenvalue weighted by Gasteiger charge is -2.40. The highest BCUT2D eigenvalue weighted by molar-refractivity contribution is 8.00. The van der Waals surface area contributed by atoms with Gasteiger partial charge in [0.05, 0.1) is 16.7 Å². The maximum Gasteiger partial charge on any atom is 0.338 e. The highest BCUT2D eigenvalue weighted by atomic mass is 32.2. The summed E-state index contributed by atoms with van der Waals surface area (Å²) in [5, 5.41) is 0.224. The third kappa shape index (κ3) is 7.46. The van der Waals surface area contributed by atoms with Crippen molar-refractivity contribution in [1.82, 2.24) is 0 Å². The Balaban J connectivity index is 1.59. The fourth-order valence-electron chi connectivity index (χ4n) is 4.04. The van der Waals surface area contributed by atoms with Gasteiger partial charge in [0.2, 0.25) is 0 Å². The first kappa shape index (κ1) is 27.4. The molecule has 0 amide bonds. The van der Waals surface area contributed by atoms with Gasteiger partial charge in [-0.25, -0.2) is 14.4 Å². The molecule has 1 aliphatic rings. The van der Waals surface area contributed by atoms with Crippen LogP contribution in [0.15, 0.2) is 91.0 Å². The second-order valence-corrected chi connectivity index (χ2v) is 10.8. The number of hydrogen-bond donors (Lipinski definition) is 0. The standard InChI is InChI=1S/C30H30O7S/c1-20(2)38-26-18-24(36-29(32)22-14-8-4-9-15-22)27(37-30(33)23-16-10-5-11-17-23)25(35-26)19-34-28(31)21-12-6-3-7-13-21/h3-17,20,24-27H,18-19H2,1-2H3/t24-,25-,26+,27-/m1/s1. The van der Waals surface area contributed by atoms with Crippen LogP contribution < -0.4 is 0 Å². The minimum Gasteiger partial charge on any atom is -0.459 e. The lowest BCUT2D eigenvalue weighted by Crippen LogP contribution is -2.53. The predicted octanol–water partition coefficient (Wildman–Crippen LogP) is 5.55. The summed E-state index contributed by atoms with van der Waals surface area (Å²) in [6.07, 6.45) is -2.37. The molecule has 38 heavy (non-hydrogen) atoms. The van der Waals surface area contributed by atoms with E-state index >= 15 is 0 Å². The molecular weight excluding hydrogens is 504 g/mol. The zero-order valence-corrected chi connectivity index (χ0v) is 22.0. The topological polar surface area (TPSA) is 88.1 Å². The van der Waals surface area contributed by atoms with E-state index in [1.807, 2.05) is 19.9 Å². The lowest BCUT2D eigenvalue weighted by atomic mass is 10.0. The minimum atomic E-state index is -0.997. The molecule has 0 aromatic heterocycles. The average molecular weight is 535 g/mol. The van der Waals surface area contributed by atoms with E-state index in [-0.39, 0.29) is 17.3 Å². The van der Waals surface area contributed by atoms with Gasteiger partial charge in [-0.15, -0.1) is 11.8 Å². The van der Waals surface area contributed by atoms with Gasteiger partial charge in [0.1, 0.15) is 24.3 Å². The third-order valence-corrected chi connectivity index (χ3v) is 6.97. The van der Waals surface area contributed by atoms with Crippen LogP contribution in [-0.2, 0) is 18.9 Å². The lowest BCUT2D eigenvalue weighted by molar-refractivity contribution is -0.162. The van der Waals surface area contributed by atoms with Crippen molar-refractivity contribution in [3.05, 3.63) is 108 Å². The van der Waals surface area contributed by atoms with E-state index in [1.54, 1.807) is 96.7 Å². The van der Waals surface area contributed by atoms with Crippen LogP contribution in [0.2, 0.25) is 0 Å². The van der Waals surface area contributed by atoms with Gasteiger partial charge >= 0.3 is 17.9 Å². The second kappa shape index (κ2) is 13.3. The number of carbonyl (C=O) groups excluding carboxylic acids is 3. The number of thioether (sulfide) groups is 1. The molecule has 4 rings (SSSR count). The first-order valence-electron chi connectivity index (χ1n) is 12.5. The van der Waals surface area contributed by atoms with E-state index in [1.165, 1.54) is 0 Å². The average Bonchev–Trinajstić information content (AvgIpc) is 2.94. The molecule has 1 saturated heterocycles. The Morgan fingerprint density at radius 2 is 1.24 bits per heavy atom. The highest BCUT2D eigenvalue weighted by Gasteiger charge is 2.45. The fraction of sp³-hybridized carbons (Fsp3) is 0.300. The van der Waals surface area contributed by atoms with E-state index in [4.69, 9.17) is 18.9 Å². The molecule has 7 nitrogen and oxygen atoms in total. The number of benzene rings is 3. The van der Waals surface area contributed by atoms with Crippen LogP contribution in [0.5, 0.6) is 0 Å². The van der Waals surface area contributed by atoms with Gasteiger partial charge < -0.3 is 18.9 Å². The Hall–Kier alpha value is -3.62. The predicted molar refractivity (Wildman–Crippen MR) is 144 cm³/mol. The van der Waals surface area contributed by atoms with Crippen LogP contribution in [0, 0.1) is 0 Å². The normalized spacial score (nSPS) is 20.9. The summed E-state index contributed by atoms with van der Waals surface area (Å²) in [4.78, 5) is 38.7. The van der Waals surface area contributed by atoms with Crippen LogP contribution in [0.1, 0.15) is 51.3 Å². The molecule has 1 heterocycles. The van der Waals surface area contributed by atoms with Gasteiger partial charge in [-0.3, -0.25) is 0 Å². The van der Waals surface area contributed by atoms with Crippen molar-refractivity contribution in [2.75, 3.05) is 6.61 Å². The zero-order valence-electron chi connectivity index (χ0n) is 21.2. The molecule has 0 bridgehead atoms. The number of carbonyl (C=O) groups is 3. The molecule has 0 aliphatic carbocycles. The van der Waals surface area contributed by atoms with Gasteiger partial charge in [0, 0.05) is 11.7 Å². The van der Waals surface area contributed by atoms with Gasteiger partial charge in [-0.2, -0.15) is 0 Å². The molecule has 0 radical (unpaired) electrons. The van der Waals surface area contributed by atoms with E-state index in [0.717, 1.165) is 0 Å². The van der Waals surface area contributed by atoms with E-state index in [0.29, 0.717) is 23.1 Å². The largest absolute Gasteiger partial charge is 0.459 e. The molecule has 1 aliphatic heterocycles. The van der Waals surface area contributed by atoms with Crippen LogP contribution in [-0.4, -0.2) is 53.5 Å². The SMILES string of the molecule is CC(C)S[C@H]1C[C@@H](OC(=O)c2ccccc2)[C@@H](OC(=O)c2ccccc2)[C@@H](COC(=O)c2ccccc2)O1. The van der Waals surface area contributed by atoms with Gasteiger partial charge in [-0.1, -0.05) is 68.4 Å². The van der Waals surface area contributed by atoms with E-state index < -0.39 is 36.2 Å². The number of hydrogen-bond acceptors (Lipinski definition) is 8. The number of ether oxygens (including phenoxy) is 4. The Kier molecular flexibility index (Phi) is 9.56. The van der Waals surface area contributed by atoms with Crippen molar-refractivity contribution in [3.63, 3.8) is 0 Å². The third-order valence-electron chi connectivity index (χ3n) is 5.82. The molecule has 1 fully saturated rings. The molecule has 3 aromatic carbocycles. The quantitative estimate of drug-likeness (QED) is 0.261. The summed E-state index contributed by atoms with van der Waals surface area (Å²) >= 11 is 1.56. The van der Waals surface area contributed by atoms with Gasteiger partial charge in [0.15, 0.2) is 6.10 Å². The molecule has 3 aromatic rings. The summed E-state index contributed by atoms with van der Waals surface area (Å²) < 4.78 is 23.6. The molecule has 198 valence electrons. The smallest absolute Gasteiger partial charge is 0.338 e. The maximum absolute atomic E-state index is 13.0. The van der Waals surface area contributed by atoms with Crippen molar-refractivity contribution in [2.24, 2.45) is 0 Å². The Bertz CT molecular complexity index is 1200. The van der Waals surface area contributed by atoms with Crippen molar-refractivity contribution in [1.29, 1.82) is 0 Å². The van der Waals surface area contributed by atoms with Gasteiger partial charge in [0.25, 0.3) is 0 Å². The van der Waals surface area contributed by atoms with Crippen LogP contribution in [0.25, 0.3) is 0 Å². The number of esters is 3. The van der Waals surface area contributed by atoms with Crippen molar-refractivity contribution < 1.29 is 33.3 Å². The Morgan fingerprint density at radius 1 is 0.763 bits per heavy atom. The molecular formula is C30H30O7S. The zero-order chi connectivity index (χ0) is 26.9. The Labute approximate surface area is 226 Å². The van der Waals surface area contributed by atoms with E-state index in [9.17, 15) is 14.4 Å². The molecule has 0 spiro atoms. The number of rotatable bonds is 9. The van der Waals surface area contributed by atoms with Crippen molar-refractivity contribution >= 4 is 29.7 Å². The maximum atomic E-state index is 13.0. The summed E-state index contributed by atoms with van der Waals surface area (Å²) in [6.45, 7) is 3.88. The summed E-state index contributed by atoms with van der Waals surface area (Å²) in [5.74, 6) is -1.65. The first-order chi connectivity index (χ1) is 18.4. The first-order valence-corrected chi connectivity index (χ1v) is 13.4. The Morgan fingerprint density at radius 3 is 1.74 bits per heavy atom. The van der Waals surface area contributed by atoms with Crippen LogP contribution in [0.3, 0.4) is 0 Å². The summed E-state index contributed by atoms with van der Waals surface area (Å²) in [7, 11) is 0. The van der Waals surface area contributed by atoms with Crippen molar-refractivity contribution in [3.8, 4) is 0 Å². The monoisotopic (exact) mass is 534 g/mol. The van der Waals surface area contributed by atoms with Crippen LogP contribution in [0.4, 0.5) is 0 Å². The van der Waals surface area contributed by atoms with Crippen LogP contribution >= 0.6 is 11.8 Å². The highest BCUT2D eigenvalue weighted by Crippen LogP contribution is 2.34. The fourth-order valence-corrected chi connectivity index (χ4v) is 5.16.